The van der Waals surface area contributed by atoms with E-state index in [-0.39, 0.29) is 11.9 Å². The van der Waals surface area contributed by atoms with Crippen LogP contribution in [0.4, 0.5) is 0 Å². The summed E-state index contributed by atoms with van der Waals surface area (Å²) in [6.45, 7) is 4.34. The van der Waals surface area contributed by atoms with Gasteiger partial charge in [0.2, 0.25) is 5.91 Å². The number of fused-ring (bicyclic) bond motifs is 1. The van der Waals surface area contributed by atoms with Crippen LogP contribution in [-0.4, -0.2) is 61.7 Å². The molecule has 0 aromatic carbocycles. The number of rotatable bonds is 5. The van der Waals surface area contributed by atoms with Crippen LogP contribution in [0.15, 0.2) is 29.6 Å². The monoisotopic (exact) mass is 384 g/mol. The molecule has 7 nitrogen and oxygen atoms in total. The second-order valence-electron chi connectivity index (χ2n) is 7.07. The number of hydrogen-bond acceptors (Lipinski definition) is 6. The maximum Gasteiger partial charge on any atom is 0.239 e. The van der Waals surface area contributed by atoms with Crippen LogP contribution >= 0.6 is 11.3 Å². The van der Waals surface area contributed by atoms with E-state index in [4.69, 9.17) is 5.10 Å². The molecule has 4 rings (SSSR count). The molecule has 0 radical (unpaired) electrons. The van der Waals surface area contributed by atoms with Crippen LogP contribution < -0.4 is 0 Å². The Hall–Kier alpha value is -2.32. The van der Waals surface area contributed by atoms with E-state index in [2.05, 4.69) is 15.1 Å². The molecule has 3 aromatic rings. The van der Waals surface area contributed by atoms with Gasteiger partial charge in [-0.2, -0.15) is 9.61 Å². The molecule has 27 heavy (non-hydrogen) atoms. The van der Waals surface area contributed by atoms with Gasteiger partial charge < -0.3 is 4.90 Å². The van der Waals surface area contributed by atoms with E-state index < -0.39 is 0 Å². The summed E-state index contributed by atoms with van der Waals surface area (Å²) in [5.41, 5.74) is 1.61. The van der Waals surface area contributed by atoms with Crippen molar-refractivity contribution in [2.45, 2.75) is 38.8 Å². The minimum Gasteiger partial charge on any atom is -0.341 e. The highest BCUT2D eigenvalue weighted by Crippen LogP contribution is 2.23. The van der Waals surface area contributed by atoms with Crippen LogP contribution in [0.2, 0.25) is 0 Å². The minimum atomic E-state index is -0.168. The van der Waals surface area contributed by atoms with Crippen LogP contribution in [0.25, 0.3) is 16.3 Å². The third-order valence-electron chi connectivity index (χ3n) is 5.16. The number of nitrogens with zero attached hydrogens (tertiary/aromatic N) is 6. The highest BCUT2D eigenvalue weighted by atomic mass is 32.1. The number of likely N-dealkylation sites (tertiary alicyclic amines) is 1. The number of likely N-dealkylation sites (N-methyl/N-ethyl adjacent to an activating group) is 1. The van der Waals surface area contributed by atoms with Crippen molar-refractivity contribution in [3.8, 4) is 10.7 Å². The Balaban J connectivity index is 1.50. The molecule has 1 unspecified atom stereocenters. The Kier molecular flexibility index (Phi) is 5.18. The lowest BCUT2D eigenvalue weighted by atomic mass is 10.1. The van der Waals surface area contributed by atoms with Gasteiger partial charge in [-0.15, -0.1) is 21.5 Å². The Morgan fingerprint density at radius 2 is 2.04 bits per heavy atom. The van der Waals surface area contributed by atoms with Crippen molar-refractivity contribution in [2.75, 3.05) is 20.1 Å². The molecule has 1 aliphatic heterocycles. The summed E-state index contributed by atoms with van der Waals surface area (Å²) in [6, 6.07) is 7.72. The molecule has 4 heterocycles. The van der Waals surface area contributed by atoms with Crippen molar-refractivity contribution in [3.63, 3.8) is 0 Å². The Morgan fingerprint density at radius 1 is 1.22 bits per heavy atom. The number of aromatic nitrogens is 4. The van der Waals surface area contributed by atoms with Crippen molar-refractivity contribution in [1.82, 2.24) is 29.6 Å². The number of piperidine rings is 1. The summed E-state index contributed by atoms with van der Waals surface area (Å²) >= 11 is 1.62. The number of thiophene rings is 1. The third kappa shape index (κ3) is 3.72. The zero-order chi connectivity index (χ0) is 18.8. The first-order valence-corrected chi connectivity index (χ1v) is 10.3. The molecule has 0 N–H and O–H groups in total. The predicted octanol–water partition coefficient (Wildman–Crippen LogP) is 2.69. The van der Waals surface area contributed by atoms with Crippen molar-refractivity contribution in [2.24, 2.45) is 0 Å². The Labute approximate surface area is 162 Å². The Morgan fingerprint density at radius 3 is 2.78 bits per heavy atom. The quantitative estimate of drug-likeness (QED) is 0.677. The fraction of sp³-hybridized carbons (Fsp3) is 0.474. The first kappa shape index (κ1) is 18.1. The molecule has 142 valence electrons. The molecular formula is C19H24N6OS. The minimum absolute atomic E-state index is 0.168. The van der Waals surface area contributed by atoms with E-state index >= 15 is 0 Å². The van der Waals surface area contributed by atoms with Gasteiger partial charge in [-0.05, 0) is 56.8 Å². The molecule has 1 saturated heterocycles. The van der Waals surface area contributed by atoms with Gasteiger partial charge >= 0.3 is 0 Å². The van der Waals surface area contributed by atoms with Crippen molar-refractivity contribution < 1.29 is 4.79 Å². The van der Waals surface area contributed by atoms with Gasteiger partial charge in [0.05, 0.1) is 16.6 Å². The second kappa shape index (κ2) is 7.74. The first-order chi connectivity index (χ1) is 13.1. The summed E-state index contributed by atoms with van der Waals surface area (Å²) in [6.07, 6.45) is 3.45. The predicted molar refractivity (Wildman–Crippen MR) is 105 cm³/mol. The maximum atomic E-state index is 12.8. The normalized spacial score (nSPS) is 16.2. The molecule has 3 aromatic heterocycles. The number of amides is 1. The van der Waals surface area contributed by atoms with Gasteiger partial charge in [-0.3, -0.25) is 9.69 Å². The van der Waals surface area contributed by atoms with Gasteiger partial charge in [0, 0.05) is 19.6 Å². The number of carbonyl (C=O) groups is 1. The Bertz CT molecular complexity index is 916. The summed E-state index contributed by atoms with van der Waals surface area (Å²) in [7, 11) is 1.98. The average Bonchev–Trinajstić information content (AvgIpc) is 3.36. The van der Waals surface area contributed by atoms with Gasteiger partial charge in [0.1, 0.15) is 0 Å². The van der Waals surface area contributed by atoms with E-state index in [1.165, 1.54) is 6.42 Å². The van der Waals surface area contributed by atoms with E-state index in [0.717, 1.165) is 48.0 Å². The van der Waals surface area contributed by atoms with E-state index in [1.54, 1.807) is 15.9 Å². The lowest BCUT2D eigenvalue weighted by Gasteiger charge is -2.32. The number of hydrogen-bond donors (Lipinski definition) is 0. The average molecular weight is 385 g/mol. The van der Waals surface area contributed by atoms with Gasteiger partial charge in [-0.1, -0.05) is 6.07 Å². The van der Waals surface area contributed by atoms with Crippen LogP contribution in [0.1, 0.15) is 31.9 Å². The fourth-order valence-corrected chi connectivity index (χ4v) is 4.12. The van der Waals surface area contributed by atoms with Crippen molar-refractivity contribution >= 4 is 22.9 Å². The maximum absolute atomic E-state index is 12.8. The first-order valence-electron chi connectivity index (χ1n) is 9.38. The van der Waals surface area contributed by atoms with E-state index in [9.17, 15) is 4.79 Å². The molecule has 1 fully saturated rings. The lowest BCUT2D eigenvalue weighted by Crippen LogP contribution is -2.47. The second-order valence-corrected chi connectivity index (χ2v) is 8.02. The molecule has 0 spiro atoms. The van der Waals surface area contributed by atoms with Crippen LogP contribution in [-0.2, 0) is 11.3 Å². The van der Waals surface area contributed by atoms with Gasteiger partial charge in [0.25, 0.3) is 0 Å². The summed E-state index contributed by atoms with van der Waals surface area (Å²) in [5.74, 6) is 0.962. The standard InChI is InChI=1S/C19H24N6OS/c1-14(19(26)24-10-4-3-5-11-24)23(2)13-15-8-9-17-20-21-18(25(17)22-15)16-7-6-12-27-16/h6-9,12,14H,3-5,10-11,13H2,1-2H3. The fourth-order valence-electron chi connectivity index (χ4n) is 3.43. The van der Waals surface area contributed by atoms with Crippen LogP contribution in [0, 0.1) is 0 Å². The van der Waals surface area contributed by atoms with E-state index in [0.29, 0.717) is 6.54 Å². The molecule has 0 saturated carbocycles. The SMILES string of the molecule is CC(C(=O)N1CCCCC1)N(C)Cc1ccc2nnc(-c3cccs3)n2n1. The smallest absolute Gasteiger partial charge is 0.239 e. The van der Waals surface area contributed by atoms with Crippen molar-refractivity contribution in [3.05, 3.63) is 35.3 Å². The molecule has 1 atom stereocenters. The molecule has 0 bridgehead atoms. The number of carbonyl (C=O) groups excluding carboxylic acids is 1. The highest BCUT2D eigenvalue weighted by Gasteiger charge is 2.25. The zero-order valence-electron chi connectivity index (χ0n) is 15.7. The van der Waals surface area contributed by atoms with Crippen LogP contribution in [0.5, 0.6) is 0 Å². The molecular weight excluding hydrogens is 360 g/mol. The van der Waals surface area contributed by atoms with Gasteiger partial charge in [-0.25, -0.2) is 0 Å². The molecule has 1 aliphatic rings. The molecule has 0 aliphatic carbocycles. The third-order valence-corrected chi connectivity index (χ3v) is 6.02. The van der Waals surface area contributed by atoms with Gasteiger partial charge in [0.15, 0.2) is 11.5 Å². The summed E-state index contributed by atoms with van der Waals surface area (Å²) in [5, 5.41) is 15.2. The summed E-state index contributed by atoms with van der Waals surface area (Å²) < 4.78 is 1.78. The largest absolute Gasteiger partial charge is 0.341 e. The van der Waals surface area contributed by atoms with E-state index in [1.807, 2.05) is 48.5 Å². The van der Waals surface area contributed by atoms with Crippen molar-refractivity contribution in [1.29, 1.82) is 0 Å². The van der Waals surface area contributed by atoms with Crippen LogP contribution in [0.3, 0.4) is 0 Å². The molecule has 1 amide bonds. The zero-order valence-corrected chi connectivity index (χ0v) is 16.5. The lowest BCUT2D eigenvalue weighted by molar-refractivity contribution is -0.137. The molecule has 8 heteroatoms. The highest BCUT2D eigenvalue weighted by molar-refractivity contribution is 7.13. The topological polar surface area (TPSA) is 66.6 Å². The summed E-state index contributed by atoms with van der Waals surface area (Å²) in [4.78, 5) is 17.8.